The monoisotopic (exact) mass is 410 g/mol. The van der Waals surface area contributed by atoms with E-state index < -0.39 is 21.7 Å². The van der Waals surface area contributed by atoms with Gasteiger partial charge >= 0.3 is 16.1 Å². The van der Waals surface area contributed by atoms with E-state index in [4.69, 9.17) is 13.7 Å². The molecule has 1 aliphatic rings. The number of ether oxygens (including phenoxy) is 2. The molecule has 1 atom stereocenters. The van der Waals surface area contributed by atoms with Crippen molar-refractivity contribution in [2.24, 2.45) is 0 Å². The van der Waals surface area contributed by atoms with E-state index >= 15 is 0 Å². The van der Waals surface area contributed by atoms with E-state index in [1.807, 2.05) is 24.3 Å². The highest BCUT2D eigenvalue weighted by molar-refractivity contribution is 7.86. The molecule has 0 amide bonds. The van der Waals surface area contributed by atoms with Gasteiger partial charge in [-0.2, -0.15) is 8.42 Å². The van der Waals surface area contributed by atoms with E-state index in [9.17, 15) is 13.2 Å². The number of benzene rings is 3. The second-order valence-corrected chi connectivity index (χ2v) is 8.23. The summed E-state index contributed by atoms with van der Waals surface area (Å²) in [7, 11) is -2.06. The molecule has 1 aliphatic heterocycles. The number of rotatable bonds is 5. The van der Waals surface area contributed by atoms with Crippen molar-refractivity contribution in [2.45, 2.75) is 5.60 Å². The Morgan fingerprint density at radius 2 is 1.38 bits per heavy atom. The maximum Gasteiger partial charge on any atom is 0.340 e. The minimum Gasteiger partial charge on any atom is -0.497 e. The third-order valence-corrected chi connectivity index (χ3v) is 5.27. The first kappa shape index (κ1) is 19.0. The van der Waals surface area contributed by atoms with Crippen LogP contribution in [0.4, 0.5) is 0 Å². The van der Waals surface area contributed by atoms with Gasteiger partial charge in [-0.1, -0.05) is 42.5 Å². The van der Waals surface area contributed by atoms with Gasteiger partial charge in [0.25, 0.3) is 0 Å². The molecular formula is C22H18O6S. The lowest BCUT2D eigenvalue weighted by molar-refractivity contribution is 0.0251. The molecule has 4 rings (SSSR count). The van der Waals surface area contributed by atoms with Crippen LogP contribution in [-0.4, -0.2) is 27.8 Å². The van der Waals surface area contributed by atoms with Crippen LogP contribution in [-0.2, 0) is 20.5 Å². The molecule has 0 N–H and O–H groups in total. The summed E-state index contributed by atoms with van der Waals surface area (Å²) in [5, 5.41) is 0. The molecule has 0 bridgehead atoms. The average molecular weight is 410 g/mol. The van der Waals surface area contributed by atoms with Crippen LogP contribution in [0.25, 0.3) is 0 Å². The van der Waals surface area contributed by atoms with Crippen molar-refractivity contribution in [2.75, 3.05) is 13.4 Å². The molecule has 3 aromatic rings. The fraction of sp³-hybridized carbons (Fsp3) is 0.136. The minimum atomic E-state index is -3.64. The van der Waals surface area contributed by atoms with Gasteiger partial charge in [0.05, 0.1) is 18.9 Å². The smallest absolute Gasteiger partial charge is 0.340 e. The van der Waals surface area contributed by atoms with Gasteiger partial charge < -0.3 is 13.7 Å². The summed E-state index contributed by atoms with van der Waals surface area (Å²) < 4.78 is 38.9. The second-order valence-electron chi connectivity index (χ2n) is 6.66. The second kappa shape index (κ2) is 6.93. The Morgan fingerprint density at radius 3 is 1.93 bits per heavy atom. The molecule has 0 radical (unpaired) electrons. The van der Waals surface area contributed by atoms with Gasteiger partial charge in [-0.25, -0.2) is 4.79 Å². The van der Waals surface area contributed by atoms with Gasteiger partial charge in [0.1, 0.15) is 11.5 Å². The fourth-order valence-electron chi connectivity index (χ4n) is 3.56. The summed E-state index contributed by atoms with van der Waals surface area (Å²) in [5.74, 6) is 0.435. The first-order valence-corrected chi connectivity index (χ1v) is 10.6. The lowest BCUT2D eigenvalue weighted by Gasteiger charge is -2.30. The molecular weight excluding hydrogens is 392 g/mol. The summed E-state index contributed by atoms with van der Waals surface area (Å²) in [4.78, 5) is 12.7. The number of cyclic esters (lactones) is 1. The predicted octanol–water partition coefficient (Wildman–Crippen LogP) is 3.50. The van der Waals surface area contributed by atoms with Crippen LogP contribution in [0.1, 0.15) is 27.0 Å². The van der Waals surface area contributed by atoms with Gasteiger partial charge in [0.15, 0.2) is 5.60 Å². The van der Waals surface area contributed by atoms with Crippen LogP contribution in [0.3, 0.4) is 0 Å². The summed E-state index contributed by atoms with van der Waals surface area (Å²) in [6.07, 6.45) is 0.981. The molecule has 29 heavy (non-hydrogen) atoms. The molecule has 7 heteroatoms. The molecule has 3 aromatic carbocycles. The van der Waals surface area contributed by atoms with Crippen molar-refractivity contribution in [3.05, 3.63) is 95.1 Å². The van der Waals surface area contributed by atoms with Gasteiger partial charge in [-0.05, 0) is 30.3 Å². The fourth-order valence-corrected chi connectivity index (χ4v) is 4.02. The molecule has 0 spiro atoms. The van der Waals surface area contributed by atoms with E-state index in [-0.39, 0.29) is 5.75 Å². The Bertz CT molecular complexity index is 1170. The normalized spacial score (nSPS) is 18.1. The molecule has 1 unspecified atom stereocenters. The number of hydrogen-bond acceptors (Lipinski definition) is 6. The molecule has 0 fully saturated rings. The predicted molar refractivity (Wildman–Crippen MR) is 107 cm³/mol. The quantitative estimate of drug-likeness (QED) is 0.473. The van der Waals surface area contributed by atoms with E-state index in [2.05, 4.69) is 0 Å². The third-order valence-electron chi connectivity index (χ3n) is 4.78. The van der Waals surface area contributed by atoms with Crippen molar-refractivity contribution < 1.29 is 26.9 Å². The lowest BCUT2D eigenvalue weighted by Crippen LogP contribution is -2.29. The molecule has 0 saturated carbocycles. The Morgan fingerprint density at radius 1 is 0.828 bits per heavy atom. The van der Waals surface area contributed by atoms with Gasteiger partial charge in [0.2, 0.25) is 0 Å². The highest BCUT2D eigenvalue weighted by atomic mass is 32.2. The van der Waals surface area contributed by atoms with Crippen molar-refractivity contribution >= 4 is 16.1 Å². The Kier molecular flexibility index (Phi) is 4.55. The van der Waals surface area contributed by atoms with Crippen molar-refractivity contribution in [3.63, 3.8) is 0 Å². The maximum absolute atomic E-state index is 12.7. The first-order chi connectivity index (χ1) is 13.8. The number of carbonyl (C=O) groups is 1. The minimum absolute atomic E-state index is 0.179. The van der Waals surface area contributed by atoms with E-state index in [0.717, 1.165) is 11.8 Å². The van der Waals surface area contributed by atoms with Crippen LogP contribution < -0.4 is 8.92 Å². The third kappa shape index (κ3) is 3.34. The first-order valence-electron chi connectivity index (χ1n) is 8.81. The van der Waals surface area contributed by atoms with E-state index in [1.54, 1.807) is 43.5 Å². The standard InChI is InChI=1S/C22H18O6S/c1-26-17-11-7-15(8-12-17)22(20-6-4-3-5-19(20)21(23)27-22)16-9-13-18(14-10-16)28-29(2,24)25/h3-14H,1-2H3. The number of hydrogen-bond donors (Lipinski definition) is 0. The largest absolute Gasteiger partial charge is 0.497 e. The summed E-state index contributed by atoms with van der Waals surface area (Å²) in [6, 6.07) is 21.0. The van der Waals surface area contributed by atoms with Gasteiger partial charge in [-0.3, -0.25) is 0 Å². The van der Waals surface area contributed by atoms with E-state index in [1.165, 1.54) is 12.1 Å². The molecule has 1 heterocycles. The van der Waals surface area contributed by atoms with Crippen molar-refractivity contribution in [1.29, 1.82) is 0 Å². The number of carbonyl (C=O) groups excluding carboxylic acids is 1. The molecule has 0 aliphatic carbocycles. The molecule has 6 nitrogen and oxygen atoms in total. The summed E-state index contributed by atoms with van der Waals surface area (Å²) in [6.45, 7) is 0. The molecule has 0 saturated heterocycles. The number of esters is 1. The topological polar surface area (TPSA) is 78.9 Å². The Hall–Kier alpha value is -3.32. The van der Waals surface area contributed by atoms with Crippen LogP contribution in [0.2, 0.25) is 0 Å². The molecule has 0 aromatic heterocycles. The highest BCUT2D eigenvalue weighted by Gasteiger charge is 2.48. The number of methoxy groups -OCH3 is 1. The van der Waals surface area contributed by atoms with Crippen molar-refractivity contribution in [3.8, 4) is 11.5 Å². The Balaban J connectivity index is 1.89. The van der Waals surface area contributed by atoms with Crippen LogP contribution in [0, 0.1) is 0 Å². The maximum atomic E-state index is 12.7. The zero-order valence-electron chi connectivity index (χ0n) is 15.8. The lowest BCUT2D eigenvalue weighted by atomic mass is 9.80. The summed E-state index contributed by atoms with van der Waals surface area (Å²) >= 11 is 0. The van der Waals surface area contributed by atoms with Gasteiger partial charge in [0, 0.05) is 16.7 Å². The zero-order chi connectivity index (χ0) is 20.6. The highest BCUT2D eigenvalue weighted by Crippen LogP contribution is 2.47. The van der Waals surface area contributed by atoms with Gasteiger partial charge in [-0.15, -0.1) is 0 Å². The van der Waals surface area contributed by atoms with Crippen LogP contribution in [0.15, 0.2) is 72.8 Å². The van der Waals surface area contributed by atoms with Crippen molar-refractivity contribution in [1.82, 2.24) is 0 Å². The Labute approximate surface area is 168 Å². The van der Waals surface area contributed by atoms with Crippen LogP contribution >= 0.6 is 0 Å². The molecule has 148 valence electrons. The van der Waals surface area contributed by atoms with E-state index in [0.29, 0.717) is 22.4 Å². The van der Waals surface area contributed by atoms with Crippen LogP contribution in [0.5, 0.6) is 11.5 Å². The zero-order valence-corrected chi connectivity index (χ0v) is 16.6. The average Bonchev–Trinajstić information content (AvgIpc) is 3.01. The SMILES string of the molecule is COc1ccc(C2(c3ccc(OS(C)(=O)=O)cc3)OC(=O)c3ccccc32)cc1. The summed E-state index contributed by atoms with van der Waals surface area (Å²) in [5.41, 5.74) is 1.45. The number of fused-ring (bicyclic) bond motifs is 1.